The van der Waals surface area contributed by atoms with E-state index in [4.69, 9.17) is 20.9 Å². The van der Waals surface area contributed by atoms with Gasteiger partial charge in [-0.2, -0.15) is 0 Å². The number of carbonyl (C=O) groups is 4. The fourth-order valence-corrected chi connectivity index (χ4v) is 7.83. The molecule has 3 saturated heterocycles. The van der Waals surface area contributed by atoms with Gasteiger partial charge in [0.1, 0.15) is 12.1 Å². The van der Waals surface area contributed by atoms with Gasteiger partial charge in [-0.05, 0) is 72.0 Å². The first-order valence-electron chi connectivity index (χ1n) is 16.5. The van der Waals surface area contributed by atoms with Gasteiger partial charge in [-0.25, -0.2) is 4.39 Å². The van der Waals surface area contributed by atoms with Crippen molar-refractivity contribution in [2.24, 2.45) is 0 Å². The molecule has 268 valence electrons. The van der Waals surface area contributed by atoms with Gasteiger partial charge in [0.05, 0.1) is 25.1 Å². The molecule has 4 atom stereocenters. The molecule has 4 aromatic rings. The van der Waals surface area contributed by atoms with Gasteiger partial charge in [-0.1, -0.05) is 35.0 Å². The van der Waals surface area contributed by atoms with Crippen LogP contribution in [0, 0.1) is 0 Å². The van der Waals surface area contributed by atoms with Crippen molar-refractivity contribution in [3.05, 3.63) is 76.4 Å². The molecule has 1 unspecified atom stereocenters. The molecule has 0 saturated carbocycles. The minimum atomic E-state index is -5.08. The average molecular weight is 742 g/mol. The third-order valence-corrected chi connectivity index (χ3v) is 10.8. The summed E-state index contributed by atoms with van der Waals surface area (Å²) in [4.78, 5) is 79.4. The number of carbonyl (C=O) groups excluding carboxylic acids is 4. The highest BCUT2D eigenvalue weighted by Crippen LogP contribution is 2.53. The molecular formula is C34H34ClFN5O9P. The SMILES string of the molecule is O=C(N[C@H]1CN(C(=O)c2noc3ccc(Cl)cc23)CC[C@H]2CC[C@@H](C(=O)N3CCOCC3)N2C1=O)c1ccc2ccc(C(F)P(=O)(O)O)cc2c1. The van der Waals surface area contributed by atoms with Gasteiger partial charge in [0.15, 0.2) is 11.3 Å². The van der Waals surface area contributed by atoms with Gasteiger partial charge in [0, 0.05) is 36.3 Å². The van der Waals surface area contributed by atoms with E-state index < -0.39 is 43.3 Å². The minimum Gasteiger partial charge on any atom is -0.378 e. The standard InChI is InChI=1S/C34H34ClFN5O9P/c35-23-5-8-28-25(17-23)29(38-50-28)34(45)40-10-9-24-6-7-27(33(44)39-11-13-49-14-12-39)41(24)32(43)26(18-40)37-31(42)21-4-2-19-1-3-20(15-22(19)16-21)30(36)51(46,47)48/h1-5,8,15-17,24,26-27,30H,6-7,9-14,18H2,(H,37,42)(H2,46,47,48)/t24-,26+,27+,30?/m1/s1. The zero-order chi connectivity index (χ0) is 36.0. The number of halogens is 2. The normalized spacial score (nSPS) is 22.1. The molecule has 3 aliphatic heterocycles. The first kappa shape index (κ1) is 35.0. The first-order chi connectivity index (χ1) is 24.4. The highest BCUT2D eigenvalue weighted by atomic mass is 35.5. The van der Waals surface area contributed by atoms with E-state index in [1.165, 1.54) is 35.2 Å². The summed E-state index contributed by atoms with van der Waals surface area (Å²) in [7, 11) is -5.08. The van der Waals surface area contributed by atoms with Crippen molar-refractivity contribution in [1.29, 1.82) is 0 Å². The molecule has 0 spiro atoms. The number of hydrogen-bond acceptors (Lipinski definition) is 8. The number of morpholine rings is 1. The van der Waals surface area contributed by atoms with Crippen LogP contribution >= 0.6 is 19.2 Å². The Kier molecular flexibility index (Phi) is 9.59. The molecule has 0 bridgehead atoms. The fourth-order valence-electron chi connectivity index (χ4n) is 7.11. The van der Waals surface area contributed by atoms with Crippen molar-refractivity contribution >= 4 is 64.6 Å². The Morgan fingerprint density at radius 3 is 2.49 bits per heavy atom. The fraction of sp³-hybridized carbons (Fsp3) is 0.382. The minimum absolute atomic E-state index is 0.000977. The molecule has 14 nitrogen and oxygen atoms in total. The summed E-state index contributed by atoms with van der Waals surface area (Å²) in [5, 5.41) is 8.45. The van der Waals surface area contributed by atoms with Crippen LogP contribution in [0.2, 0.25) is 5.02 Å². The van der Waals surface area contributed by atoms with Gasteiger partial charge >= 0.3 is 7.60 Å². The number of ether oxygens (including phenoxy) is 1. The van der Waals surface area contributed by atoms with E-state index in [0.29, 0.717) is 72.3 Å². The highest BCUT2D eigenvalue weighted by molar-refractivity contribution is 7.51. The van der Waals surface area contributed by atoms with Crippen molar-refractivity contribution in [2.45, 2.75) is 43.3 Å². The zero-order valence-electron chi connectivity index (χ0n) is 27.1. The maximum Gasteiger partial charge on any atom is 0.363 e. The number of alkyl halides is 1. The monoisotopic (exact) mass is 741 g/mol. The number of nitrogens with one attached hydrogen (secondary N) is 1. The van der Waals surface area contributed by atoms with Crippen LogP contribution in [0.15, 0.2) is 59.1 Å². The molecule has 4 amide bonds. The van der Waals surface area contributed by atoms with Crippen LogP contribution in [0.4, 0.5) is 4.39 Å². The van der Waals surface area contributed by atoms with Crippen LogP contribution < -0.4 is 5.32 Å². The smallest absolute Gasteiger partial charge is 0.363 e. The van der Waals surface area contributed by atoms with Gasteiger partial charge in [-0.15, -0.1) is 0 Å². The lowest BCUT2D eigenvalue weighted by Crippen LogP contribution is -2.61. The Balaban J connectivity index is 1.20. The maximum atomic E-state index is 14.5. The van der Waals surface area contributed by atoms with E-state index in [0.717, 1.165) is 0 Å². The molecule has 3 N–H and O–H groups in total. The summed E-state index contributed by atoms with van der Waals surface area (Å²) in [6, 6.07) is 10.9. The van der Waals surface area contributed by atoms with Crippen LogP contribution in [0.5, 0.6) is 0 Å². The quantitative estimate of drug-likeness (QED) is 0.247. The number of fused-ring (bicyclic) bond motifs is 3. The van der Waals surface area contributed by atoms with Crippen LogP contribution in [0.25, 0.3) is 21.7 Å². The molecule has 1 aromatic heterocycles. The lowest BCUT2D eigenvalue weighted by molar-refractivity contribution is -0.149. The summed E-state index contributed by atoms with van der Waals surface area (Å²) < 4.78 is 36.8. The molecule has 17 heteroatoms. The molecule has 51 heavy (non-hydrogen) atoms. The Labute approximate surface area is 295 Å². The summed E-state index contributed by atoms with van der Waals surface area (Å²) in [5.74, 6) is -4.47. The van der Waals surface area contributed by atoms with Crippen molar-refractivity contribution in [3.8, 4) is 0 Å². The Hall–Kier alpha value is -4.40. The molecule has 7 rings (SSSR count). The van der Waals surface area contributed by atoms with Crippen molar-refractivity contribution in [2.75, 3.05) is 39.4 Å². The molecule has 3 aliphatic rings. The second-order valence-corrected chi connectivity index (χ2v) is 15.0. The Morgan fingerprint density at radius 2 is 1.73 bits per heavy atom. The number of nitrogens with zero attached hydrogens (tertiary/aromatic N) is 4. The second kappa shape index (κ2) is 14.0. The summed E-state index contributed by atoms with van der Waals surface area (Å²) in [6.45, 7) is 1.54. The number of aromatic nitrogens is 1. The Bertz CT molecular complexity index is 2090. The van der Waals surface area contributed by atoms with Gasteiger partial charge in [-0.3, -0.25) is 23.7 Å². The van der Waals surface area contributed by atoms with Crippen LogP contribution in [0.1, 0.15) is 51.6 Å². The first-order valence-corrected chi connectivity index (χ1v) is 18.5. The predicted octanol–water partition coefficient (Wildman–Crippen LogP) is 3.64. The Morgan fingerprint density at radius 1 is 0.961 bits per heavy atom. The highest BCUT2D eigenvalue weighted by Gasteiger charge is 2.47. The predicted molar refractivity (Wildman–Crippen MR) is 182 cm³/mol. The van der Waals surface area contributed by atoms with E-state index >= 15 is 0 Å². The zero-order valence-corrected chi connectivity index (χ0v) is 28.8. The van der Waals surface area contributed by atoms with Gasteiger partial charge in [0.25, 0.3) is 11.8 Å². The van der Waals surface area contributed by atoms with Crippen LogP contribution in [0.3, 0.4) is 0 Å². The lowest BCUT2D eigenvalue weighted by Gasteiger charge is -2.40. The third-order valence-electron chi connectivity index (χ3n) is 9.72. The third kappa shape index (κ3) is 6.96. The van der Waals surface area contributed by atoms with Crippen molar-refractivity contribution < 1.29 is 47.2 Å². The van der Waals surface area contributed by atoms with Gasteiger partial charge < -0.3 is 39.1 Å². The van der Waals surface area contributed by atoms with Crippen molar-refractivity contribution in [1.82, 2.24) is 25.2 Å². The molecule has 3 aromatic carbocycles. The van der Waals surface area contributed by atoms with E-state index in [1.807, 2.05) is 0 Å². The van der Waals surface area contributed by atoms with E-state index in [1.54, 1.807) is 34.1 Å². The number of amides is 4. The largest absolute Gasteiger partial charge is 0.378 e. The number of hydrogen-bond donors (Lipinski definition) is 3. The number of rotatable bonds is 6. The topological polar surface area (TPSA) is 183 Å². The molecule has 0 radical (unpaired) electrons. The lowest BCUT2D eigenvalue weighted by atomic mass is 10.0. The van der Waals surface area contributed by atoms with E-state index in [2.05, 4.69) is 10.5 Å². The summed E-state index contributed by atoms with van der Waals surface area (Å²) >= 11 is 6.20. The second-order valence-electron chi connectivity index (χ2n) is 12.9. The molecule has 0 aliphatic carbocycles. The van der Waals surface area contributed by atoms with E-state index in [-0.39, 0.29) is 41.9 Å². The molecule has 3 fully saturated rings. The number of benzene rings is 3. The van der Waals surface area contributed by atoms with E-state index in [9.17, 15) is 37.9 Å². The van der Waals surface area contributed by atoms with Gasteiger partial charge in [0.2, 0.25) is 17.7 Å². The maximum absolute atomic E-state index is 14.5. The molecular weight excluding hydrogens is 708 g/mol. The average Bonchev–Trinajstić information content (AvgIpc) is 3.74. The van der Waals surface area contributed by atoms with Crippen LogP contribution in [-0.2, 0) is 18.9 Å². The summed E-state index contributed by atoms with van der Waals surface area (Å²) in [5.41, 5.74) is 0.174. The summed E-state index contributed by atoms with van der Waals surface area (Å²) in [6.07, 6.45) is 1.33. The van der Waals surface area contributed by atoms with Crippen molar-refractivity contribution in [3.63, 3.8) is 0 Å². The van der Waals surface area contributed by atoms with Crippen LogP contribution in [-0.4, -0.2) is 111 Å². The molecule has 4 heterocycles.